The number of ketones is 1. The van der Waals surface area contributed by atoms with Crippen molar-refractivity contribution >= 4 is 5.78 Å². The van der Waals surface area contributed by atoms with Crippen LogP contribution in [-0.2, 0) is 0 Å². The first-order valence-corrected chi connectivity index (χ1v) is 7.69. The Morgan fingerprint density at radius 2 is 1.95 bits per heavy atom. The molecule has 0 N–H and O–H groups in total. The number of benzene rings is 1. The van der Waals surface area contributed by atoms with Crippen molar-refractivity contribution in [1.82, 2.24) is 4.90 Å². The molecule has 108 valence electrons. The number of aryl methyl sites for hydroxylation is 1. The summed E-state index contributed by atoms with van der Waals surface area (Å²) in [6.45, 7) is 6.87. The van der Waals surface area contributed by atoms with E-state index in [4.69, 9.17) is 0 Å². The second kappa shape index (κ2) is 7.39. The summed E-state index contributed by atoms with van der Waals surface area (Å²) in [5.74, 6) is 0.241. The van der Waals surface area contributed by atoms with Gasteiger partial charge in [-0.25, -0.2) is 0 Å². The minimum absolute atomic E-state index is 0.241. The summed E-state index contributed by atoms with van der Waals surface area (Å²) in [5, 5.41) is 0. The van der Waals surface area contributed by atoms with Crippen LogP contribution < -0.4 is 0 Å². The van der Waals surface area contributed by atoms with Crippen molar-refractivity contribution < 1.29 is 4.79 Å². The molecule has 1 aliphatic heterocycles. The van der Waals surface area contributed by atoms with E-state index in [-0.39, 0.29) is 5.78 Å². The summed E-state index contributed by atoms with van der Waals surface area (Å²) in [5.41, 5.74) is 3.61. The summed E-state index contributed by atoms with van der Waals surface area (Å²) in [7, 11) is 0. The van der Waals surface area contributed by atoms with Crippen molar-refractivity contribution in [3.63, 3.8) is 0 Å². The fraction of sp³-hybridized carbons (Fsp3) is 0.500. The number of hydrogen-bond acceptors (Lipinski definition) is 2. The Labute approximate surface area is 122 Å². The highest BCUT2D eigenvalue weighted by Gasteiger charge is 2.13. The van der Waals surface area contributed by atoms with E-state index < -0.39 is 0 Å². The van der Waals surface area contributed by atoms with E-state index >= 15 is 0 Å². The van der Waals surface area contributed by atoms with Gasteiger partial charge in [0.05, 0.1) is 6.54 Å². The molecule has 1 heterocycles. The van der Waals surface area contributed by atoms with Gasteiger partial charge in [-0.2, -0.15) is 0 Å². The molecule has 0 spiro atoms. The van der Waals surface area contributed by atoms with E-state index in [1.54, 1.807) is 5.57 Å². The fourth-order valence-electron chi connectivity index (χ4n) is 2.71. The summed E-state index contributed by atoms with van der Waals surface area (Å²) in [6, 6.07) is 7.90. The predicted molar refractivity (Wildman–Crippen MR) is 84.2 cm³/mol. The van der Waals surface area contributed by atoms with Gasteiger partial charge in [0.2, 0.25) is 0 Å². The van der Waals surface area contributed by atoms with Crippen LogP contribution in [0.5, 0.6) is 0 Å². The van der Waals surface area contributed by atoms with E-state index in [9.17, 15) is 4.79 Å². The molecule has 0 atom stereocenters. The van der Waals surface area contributed by atoms with Gasteiger partial charge in [-0.1, -0.05) is 48.4 Å². The zero-order chi connectivity index (χ0) is 14.4. The van der Waals surface area contributed by atoms with Crippen molar-refractivity contribution in [3.8, 4) is 0 Å². The Morgan fingerprint density at radius 3 is 2.65 bits per heavy atom. The standard InChI is InChI=1S/C18H25NO/c1-3-16-6-4-12-19(13-5-7-16)14-18(20)17-10-8-15(2)9-11-17/h6,8-11H,3-5,7,12-14H2,1-2H3. The monoisotopic (exact) mass is 271 g/mol. The van der Waals surface area contributed by atoms with Gasteiger partial charge in [0, 0.05) is 12.1 Å². The molecule has 0 saturated heterocycles. The molecule has 0 aromatic heterocycles. The summed E-state index contributed by atoms with van der Waals surface area (Å²) in [4.78, 5) is 14.6. The number of carbonyl (C=O) groups is 1. The van der Waals surface area contributed by atoms with Gasteiger partial charge >= 0.3 is 0 Å². The maximum absolute atomic E-state index is 12.3. The Bertz CT molecular complexity index is 473. The van der Waals surface area contributed by atoms with Crippen molar-refractivity contribution in [2.24, 2.45) is 0 Å². The lowest BCUT2D eigenvalue weighted by Crippen LogP contribution is -2.32. The van der Waals surface area contributed by atoms with Crippen molar-refractivity contribution in [2.45, 2.75) is 39.5 Å². The number of allylic oxidation sites excluding steroid dienone is 1. The van der Waals surface area contributed by atoms with Crippen LogP contribution in [0.4, 0.5) is 0 Å². The Balaban J connectivity index is 1.91. The molecule has 0 amide bonds. The second-order valence-electron chi connectivity index (χ2n) is 5.67. The van der Waals surface area contributed by atoms with Gasteiger partial charge in [0.15, 0.2) is 5.78 Å². The molecule has 1 aromatic rings. The summed E-state index contributed by atoms with van der Waals surface area (Å²) >= 11 is 0. The zero-order valence-corrected chi connectivity index (χ0v) is 12.7. The quantitative estimate of drug-likeness (QED) is 0.609. The van der Waals surface area contributed by atoms with Crippen LogP contribution in [0, 0.1) is 6.92 Å². The molecule has 1 aromatic carbocycles. The van der Waals surface area contributed by atoms with Crippen LogP contribution >= 0.6 is 0 Å². The average molecular weight is 271 g/mol. The number of Topliss-reactive ketones (excluding diaryl/α,β-unsaturated/α-hetero) is 1. The third-order valence-corrected chi connectivity index (χ3v) is 4.05. The van der Waals surface area contributed by atoms with Gasteiger partial charge < -0.3 is 0 Å². The lowest BCUT2D eigenvalue weighted by atomic mass is 10.0. The van der Waals surface area contributed by atoms with Crippen molar-refractivity contribution in [1.29, 1.82) is 0 Å². The van der Waals surface area contributed by atoms with Crippen LogP contribution in [0.3, 0.4) is 0 Å². The minimum atomic E-state index is 0.241. The van der Waals surface area contributed by atoms with Gasteiger partial charge in [0.25, 0.3) is 0 Å². The maximum atomic E-state index is 12.3. The molecular formula is C18H25NO. The molecule has 1 aliphatic rings. The Kier molecular flexibility index (Phi) is 5.54. The molecule has 0 aliphatic carbocycles. The summed E-state index contributed by atoms with van der Waals surface area (Å²) in [6.07, 6.45) is 6.96. The highest BCUT2D eigenvalue weighted by molar-refractivity contribution is 5.97. The first-order chi connectivity index (χ1) is 9.69. The zero-order valence-electron chi connectivity index (χ0n) is 12.7. The normalized spacial score (nSPS) is 17.2. The molecule has 20 heavy (non-hydrogen) atoms. The topological polar surface area (TPSA) is 20.3 Å². The molecule has 0 unspecified atom stereocenters. The van der Waals surface area contributed by atoms with Crippen LogP contribution in [0.15, 0.2) is 35.9 Å². The minimum Gasteiger partial charge on any atom is -0.295 e. The number of hydrogen-bond donors (Lipinski definition) is 0. The SMILES string of the molecule is CCC1=CCCN(CC(=O)c2ccc(C)cc2)CCC1. The summed E-state index contributed by atoms with van der Waals surface area (Å²) < 4.78 is 0. The van der Waals surface area contributed by atoms with E-state index in [0.717, 1.165) is 25.1 Å². The van der Waals surface area contributed by atoms with Crippen molar-refractivity contribution in [2.75, 3.05) is 19.6 Å². The van der Waals surface area contributed by atoms with E-state index in [0.29, 0.717) is 6.54 Å². The number of rotatable bonds is 4. The molecule has 0 fully saturated rings. The van der Waals surface area contributed by atoms with Crippen LogP contribution in [0.25, 0.3) is 0 Å². The molecule has 2 nitrogen and oxygen atoms in total. The highest BCUT2D eigenvalue weighted by atomic mass is 16.1. The van der Waals surface area contributed by atoms with Crippen LogP contribution in [0.1, 0.15) is 48.5 Å². The average Bonchev–Trinajstić information content (AvgIpc) is 2.42. The van der Waals surface area contributed by atoms with Crippen LogP contribution in [-0.4, -0.2) is 30.3 Å². The largest absolute Gasteiger partial charge is 0.295 e. The molecule has 2 rings (SSSR count). The molecule has 0 saturated carbocycles. The van der Waals surface area contributed by atoms with Gasteiger partial charge in [-0.3, -0.25) is 9.69 Å². The van der Waals surface area contributed by atoms with Gasteiger partial charge in [0.1, 0.15) is 0 Å². The molecule has 0 radical (unpaired) electrons. The third-order valence-electron chi connectivity index (χ3n) is 4.05. The van der Waals surface area contributed by atoms with Crippen LogP contribution in [0.2, 0.25) is 0 Å². The van der Waals surface area contributed by atoms with E-state index in [2.05, 4.69) is 17.9 Å². The van der Waals surface area contributed by atoms with Crippen molar-refractivity contribution in [3.05, 3.63) is 47.0 Å². The molecule has 0 bridgehead atoms. The Hall–Kier alpha value is -1.41. The maximum Gasteiger partial charge on any atom is 0.176 e. The highest BCUT2D eigenvalue weighted by Crippen LogP contribution is 2.15. The second-order valence-corrected chi connectivity index (χ2v) is 5.67. The first kappa shape index (κ1) is 15.0. The number of nitrogens with zero attached hydrogens (tertiary/aromatic N) is 1. The lowest BCUT2D eigenvalue weighted by Gasteiger charge is -2.23. The molecule has 2 heteroatoms. The number of carbonyl (C=O) groups excluding carboxylic acids is 1. The lowest BCUT2D eigenvalue weighted by molar-refractivity contribution is 0.0930. The van der Waals surface area contributed by atoms with Gasteiger partial charge in [-0.05, 0) is 39.2 Å². The van der Waals surface area contributed by atoms with E-state index in [1.807, 2.05) is 31.2 Å². The smallest absolute Gasteiger partial charge is 0.176 e. The fourth-order valence-corrected chi connectivity index (χ4v) is 2.71. The predicted octanol–water partition coefficient (Wildman–Crippen LogP) is 4.00. The van der Waals surface area contributed by atoms with E-state index in [1.165, 1.54) is 24.8 Å². The third kappa shape index (κ3) is 4.31. The Morgan fingerprint density at radius 1 is 1.20 bits per heavy atom. The van der Waals surface area contributed by atoms with Gasteiger partial charge in [-0.15, -0.1) is 0 Å². The molecular weight excluding hydrogens is 246 g/mol. The first-order valence-electron chi connectivity index (χ1n) is 7.69.